The minimum atomic E-state index is -0.696. The maximum Gasteiger partial charge on any atom is 0.280 e. The second-order valence-electron chi connectivity index (χ2n) is 4.73. The van der Waals surface area contributed by atoms with Gasteiger partial charge in [-0.2, -0.15) is 5.10 Å². The van der Waals surface area contributed by atoms with Gasteiger partial charge in [0.05, 0.1) is 13.3 Å². The zero-order valence-electron chi connectivity index (χ0n) is 12.8. The molecular formula is C17H17ClN2O3. The quantitative estimate of drug-likeness (QED) is 0.652. The molecule has 0 aliphatic rings. The molecule has 0 bridgehead atoms. The Morgan fingerprint density at radius 2 is 1.96 bits per heavy atom. The number of halogens is 1. The van der Waals surface area contributed by atoms with Crippen LogP contribution in [0.4, 0.5) is 0 Å². The van der Waals surface area contributed by atoms with E-state index in [0.717, 1.165) is 5.56 Å². The average molecular weight is 333 g/mol. The molecule has 23 heavy (non-hydrogen) atoms. The number of hydrogen-bond acceptors (Lipinski definition) is 4. The molecule has 0 fully saturated rings. The van der Waals surface area contributed by atoms with Crippen molar-refractivity contribution in [2.24, 2.45) is 5.10 Å². The van der Waals surface area contributed by atoms with Crippen molar-refractivity contribution < 1.29 is 14.3 Å². The Balaban J connectivity index is 1.89. The van der Waals surface area contributed by atoms with E-state index in [9.17, 15) is 4.79 Å². The predicted octanol–water partition coefficient (Wildman–Crippen LogP) is 3.27. The SMILES string of the molecule is COc1cccc(OC(C)C(=O)N/N=C/c2cccc(Cl)c2)c1. The van der Waals surface area contributed by atoms with Crippen LogP contribution in [0.25, 0.3) is 0 Å². The summed E-state index contributed by atoms with van der Waals surface area (Å²) < 4.78 is 10.7. The maximum absolute atomic E-state index is 12.0. The van der Waals surface area contributed by atoms with Gasteiger partial charge in [0.1, 0.15) is 11.5 Å². The number of carbonyl (C=O) groups is 1. The second-order valence-corrected chi connectivity index (χ2v) is 5.16. The van der Waals surface area contributed by atoms with Gasteiger partial charge in [0.15, 0.2) is 6.10 Å². The van der Waals surface area contributed by atoms with Crippen molar-refractivity contribution in [3.8, 4) is 11.5 Å². The average Bonchev–Trinajstić information content (AvgIpc) is 2.55. The molecule has 0 spiro atoms. The van der Waals surface area contributed by atoms with Crippen LogP contribution in [-0.2, 0) is 4.79 Å². The third-order valence-corrected chi connectivity index (χ3v) is 3.20. The Bertz CT molecular complexity index is 704. The first kappa shape index (κ1) is 16.8. The van der Waals surface area contributed by atoms with Crippen LogP contribution in [-0.4, -0.2) is 25.3 Å². The second kappa shape index (κ2) is 8.19. The Labute approximate surface area is 139 Å². The van der Waals surface area contributed by atoms with Gasteiger partial charge in [0, 0.05) is 11.1 Å². The molecule has 2 rings (SSSR count). The lowest BCUT2D eigenvalue weighted by molar-refractivity contribution is -0.127. The van der Waals surface area contributed by atoms with Crippen LogP contribution >= 0.6 is 11.6 Å². The van der Waals surface area contributed by atoms with Gasteiger partial charge in [-0.15, -0.1) is 0 Å². The first-order chi connectivity index (χ1) is 11.1. The van der Waals surface area contributed by atoms with Crippen LogP contribution in [0.15, 0.2) is 53.6 Å². The normalized spacial score (nSPS) is 12.0. The molecule has 0 saturated heterocycles. The van der Waals surface area contributed by atoms with E-state index >= 15 is 0 Å². The largest absolute Gasteiger partial charge is 0.497 e. The van der Waals surface area contributed by atoms with Crippen LogP contribution in [0.1, 0.15) is 12.5 Å². The van der Waals surface area contributed by atoms with Crippen LogP contribution < -0.4 is 14.9 Å². The number of ether oxygens (including phenoxy) is 2. The molecule has 1 N–H and O–H groups in total. The lowest BCUT2D eigenvalue weighted by Gasteiger charge is -2.13. The van der Waals surface area contributed by atoms with Crippen molar-refractivity contribution in [2.45, 2.75) is 13.0 Å². The van der Waals surface area contributed by atoms with Gasteiger partial charge in [0.2, 0.25) is 0 Å². The number of hydrazone groups is 1. The zero-order valence-corrected chi connectivity index (χ0v) is 13.6. The molecule has 0 aliphatic heterocycles. The number of amides is 1. The summed E-state index contributed by atoms with van der Waals surface area (Å²) in [6.45, 7) is 1.64. The maximum atomic E-state index is 12.0. The molecule has 1 amide bonds. The Morgan fingerprint density at radius 1 is 1.22 bits per heavy atom. The molecule has 0 aromatic heterocycles. The molecule has 1 unspecified atom stereocenters. The smallest absolute Gasteiger partial charge is 0.280 e. The first-order valence-electron chi connectivity index (χ1n) is 6.97. The van der Waals surface area contributed by atoms with Crippen LogP contribution in [0.2, 0.25) is 5.02 Å². The van der Waals surface area contributed by atoms with Gasteiger partial charge < -0.3 is 9.47 Å². The monoisotopic (exact) mass is 332 g/mol. The van der Waals surface area contributed by atoms with E-state index in [2.05, 4.69) is 10.5 Å². The molecule has 0 heterocycles. The summed E-state index contributed by atoms with van der Waals surface area (Å²) in [5, 5.41) is 4.50. The number of rotatable bonds is 6. The molecule has 6 heteroatoms. The minimum absolute atomic E-state index is 0.355. The zero-order chi connectivity index (χ0) is 16.7. The molecule has 1 atom stereocenters. The molecule has 0 aliphatic carbocycles. The molecule has 2 aromatic carbocycles. The van der Waals surface area contributed by atoms with Crippen molar-refractivity contribution in [1.29, 1.82) is 0 Å². The lowest BCUT2D eigenvalue weighted by atomic mass is 10.2. The lowest BCUT2D eigenvalue weighted by Crippen LogP contribution is -2.33. The first-order valence-corrected chi connectivity index (χ1v) is 7.35. The van der Waals surface area contributed by atoms with Crippen LogP contribution in [0.3, 0.4) is 0 Å². The van der Waals surface area contributed by atoms with E-state index in [1.165, 1.54) is 6.21 Å². The summed E-state index contributed by atoms with van der Waals surface area (Å²) in [4.78, 5) is 12.0. The fourth-order valence-corrected chi connectivity index (χ4v) is 1.98. The Hall–Kier alpha value is -2.53. The van der Waals surface area contributed by atoms with Crippen molar-refractivity contribution in [3.05, 3.63) is 59.1 Å². The predicted molar refractivity (Wildman–Crippen MR) is 90.3 cm³/mol. The molecular weight excluding hydrogens is 316 g/mol. The minimum Gasteiger partial charge on any atom is -0.497 e. The third-order valence-electron chi connectivity index (χ3n) is 2.96. The van der Waals surface area contributed by atoms with Gasteiger partial charge in [-0.3, -0.25) is 4.79 Å². The van der Waals surface area contributed by atoms with Crippen molar-refractivity contribution in [3.63, 3.8) is 0 Å². The third kappa shape index (κ3) is 5.30. The van der Waals surface area contributed by atoms with Crippen LogP contribution in [0.5, 0.6) is 11.5 Å². The number of nitrogens with one attached hydrogen (secondary N) is 1. The Morgan fingerprint density at radius 3 is 2.70 bits per heavy atom. The van der Waals surface area contributed by atoms with E-state index < -0.39 is 6.10 Å². The van der Waals surface area contributed by atoms with Crippen molar-refractivity contribution in [2.75, 3.05) is 7.11 Å². The number of benzene rings is 2. The van der Waals surface area contributed by atoms with Crippen LogP contribution in [0, 0.1) is 0 Å². The molecule has 5 nitrogen and oxygen atoms in total. The van der Waals surface area contributed by atoms with Gasteiger partial charge in [-0.05, 0) is 36.8 Å². The van der Waals surface area contributed by atoms with Crippen molar-refractivity contribution in [1.82, 2.24) is 5.43 Å². The summed E-state index contributed by atoms with van der Waals surface area (Å²) in [5.74, 6) is 0.853. The molecule has 0 saturated carbocycles. The topological polar surface area (TPSA) is 59.9 Å². The highest BCUT2D eigenvalue weighted by Crippen LogP contribution is 2.19. The highest BCUT2D eigenvalue weighted by Gasteiger charge is 2.14. The highest BCUT2D eigenvalue weighted by atomic mass is 35.5. The van der Waals surface area contributed by atoms with E-state index in [0.29, 0.717) is 16.5 Å². The van der Waals surface area contributed by atoms with Gasteiger partial charge >= 0.3 is 0 Å². The van der Waals surface area contributed by atoms with E-state index in [4.69, 9.17) is 21.1 Å². The highest BCUT2D eigenvalue weighted by molar-refractivity contribution is 6.30. The summed E-state index contributed by atoms with van der Waals surface area (Å²) in [5.41, 5.74) is 3.22. The van der Waals surface area contributed by atoms with E-state index in [1.807, 2.05) is 6.07 Å². The van der Waals surface area contributed by atoms with Gasteiger partial charge in [0.25, 0.3) is 5.91 Å². The van der Waals surface area contributed by atoms with E-state index in [1.54, 1.807) is 56.5 Å². The fourth-order valence-electron chi connectivity index (χ4n) is 1.78. The summed E-state index contributed by atoms with van der Waals surface area (Å²) >= 11 is 5.87. The summed E-state index contributed by atoms with van der Waals surface area (Å²) in [6, 6.07) is 14.2. The number of methoxy groups -OCH3 is 1. The summed E-state index contributed by atoms with van der Waals surface area (Å²) in [7, 11) is 1.57. The standard InChI is InChI=1S/C17H17ClN2O3/c1-12(23-16-8-4-7-15(10-16)22-2)17(21)20-19-11-13-5-3-6-14(18)9-13/h3-12H,1-2H3,(H,20,21)/b19-11+. The number of carbonyl (C=O) groups excluding carboxylic acids is 1. The van der Waals surface area contributed by atoms with Gasteiger partial charge in [-0.1, -0.05) is 29.8 Å². The Kier molecular flexibility index (Phi) is 6.00. The van der Waals surface area contributed by atoms with E-state index in [-0.39, 0.29) is 5.91 Å². The fraction of sp³-hybridized carbons (Fsp3) is 0.176. The molecule has 0 radical (unpaired) electrons. The number of nitrogens with zero attached hydrogens (tertiary/aromatic N) is 1. The molecule has 2 aromatic rings. The van der Waals surface area contributed by atoms with Crippen molar-refractivity contribution >= 4 is 23.7 Å². The van der Waals surface area contributed by atoms with Gasteiger partial charge in [-0.25, -0.2) is 5.43 Å². The number of hydrogen-bond donors (Lipinski definition) is 1. The summed E-state index contributed by atoms with van der Waals surface area (Å²) in [6.07, 6.45) is 0.820. The molecule has 120 valence electrons.